The summed E-state index contributed by atoms with van der Waals surface area (Å²) in [7, 11) is 0. The van der Waals surface area contributed by atoms with E-state index in [0.717, 1.165) is 0 Å². The minimum absolute atomic E-state index is 0.00637. The number of rotatable bonds is 3. The van der Waals surface area contributed by atoms with E-state index in [-0.39, 0.29) is 11.9 Å². The molecule has 1 unspecified atom stereocenters. The Kier molecular flexibility index (Phi) is 3.33. The summed E-state index contributed by atoms with van der Waals surface area (Å²) >= 11 is 0. The second kappa shape index (κ2) is 4.31. The molecule has 0 aromatic heterocycles. The first-order valence-electron chi connectivity index (χ1n) is 4.72. The Hall–Kier alpha value is -1.25. The van der Waals surface area contributed by atoms with Gasteiger partial charge >= 0.3 is 0 Å². The zero-order valence-corrected chi connectivity index (χ0v) is 8.75. The van der Waals surface area contributed by atoms with Crippen molar-refractivity contribution < 1.29 is 9.13 Å². The van der Waals surface area contributed by atoms with E-state index in [2.05, 4.69) is 0 Å². The first-order chi connectivity index (χ1) is 6.50. The summed E-state index contributed by atoms with van der Waals surface area (Å²) in [5, 5.41) is 0. The van der Waals surface area contributed by atoms with E-state index in [9.17, 15) is 4.39 Å². The molecule has 0 aliphatic heterocycles. The van der Waals surface area contributed by atoms with Crippen molar-refractivity contribution in [2.75, 3.05) is 5.73 Å². The molecule has 0 fully saturated rings. The lowest BCUT2D eigenvalue weighted by atomic mass is 10.1. The average Bonchev–Trinajstić information content (AvgIpc) is 2.09. The summed E-state index contributed by atoms with van der Waals surface area (Å²) in [6, 6.07) is 4.46. The van der Waals surface area contributed by atoms with Gasteiger partial charge in [0, 0.05) is 11.8 Å². The van der Waals surface area contributed by atoms with Crippen LogP contribution in [-0.2, 0) is 0 Å². The van der Waals surface area contributed by atoms with Gasteiger partial charge in [-0.25, -0.2) is 4.39 Å². The van der Waals surface area contributed by atoms with Gasteiger partial charge in [-0.1, -0.05) is 13.8 Å². The molecule has 1 atom stereocenters. The third-order valence-electron chi connectivity index (χ3n) is 2.21. The quantitative estimate of drug-likeness (QED) is 0.756. The topological polar surface area (TPSA) is 35.2 Å². The van der Waals surface area contributed by atoms with Crippen molar-refractivity contribution in [3.8, 4) is 5.75 Å². The van der Waals surface area contributed by atoms with Crippen LogP contribution in [0.1, 0.15) is 20.8 Å². The predicted molar refractivity (Wildman–Crippen MR) is 55.7 cm³/mol. The Balaban J connectivity index is 2.77. The maximum Gasteiger partial charge on any atom is 0.167 e. The SMILES string of the molecule is CC(C)C(C)Oc1ccc(N)cc1F. The summed E-state index contributed by atoms with van der Waals surface area (Å²) in [6.45, 7) is 5.97. The van der Waals surface area contributed by atoms with Crippen molar-refractivity contribution in [2.24, 2.45) is 5.92 Å². The molecule has 1 aromatic carbocycles. The highest BCUT2D eigenvalue weighted by molar-refractivity contribution is 5.42. The molecule has 1 aromatic rings. The number of anilines is 1. The Bertz CT molecular complexity index is 312. The maximum atomic E-state index is 13.3. The number of hydrogen-bond acceptors (Lipinski definition) is 2. The number of hydrogen-bond donors (Lipinski definition) is 1. The monoisotopic (exact) mass is 197 g/mol. The van der Waals surface area contributed by atoms with Crippen LogP contribution in [0.4, 0.5) is 10.1 Å². The minimum atomic E-state index is -0.405. The molecule has 0 spiro atoms. The molecule has 2 N–H and O–H groups in total. The molecule has 0 amide bonds. The van der Waals surface area contributed by atoms with Crippen molar-refractivity contribution in [1.82, 2.24) is 0 Å². The molecule has 2 nitrogen and oxygen atoms in total. The zero-order chi connectivity index (χ0) is 10.7. The number of nitrogens with two attached hydrogens (primary N) is 1. The van der Waals surface area contributed by atoms with Gasteiger partial charge in [0.2, 0.25) is 0 Å². The third kappa shape index (κ3) is 2.62. The highest BCUT2D eigenvalue weighted by atomic mass is 19.1. The van der Waals surface area contributed by atoms with E-state index in [1.165, 1.54) is 6.07 Å². The Morgan fingerprint density at radius 3 is 2.43 bits per heavy atom. The van der Waals surface area contributed by atoms with E-state index in [0.29, 0.717) is 11.6 Å². The van der Waals surface area contributed by atoms with Crippen LogP contribution in [0.15, 0.2) is 18.2 Å². The van der Waals surface area contributed by atoms with Crippen molar-refractivity contribution in [1.29, 1.82) is 0 Å². The van der Waals surface area contributed by atoms with Gasteiger partial charge in [-0.15, -0.1) is 0 Å². The molecule has 0 bridgehead atoms. The smallest absolute Gasteiger partial charge is 0.167 e. The fourth-order valence-corrected chi connectivity index (χ4v) is 0.949. The number of nitrogen functional groups attached to an aromatic ring is 1. The van der Waals surface area contributed by atoms with Gasteiger partial charge in [-0.3, -0.25) is 0 Å². The lowest BCUT2D eigenvalue weighted by Crippen LogP contribution is -2.19. The largest absolute Gasteiger partial charge is 0.487 e. The lowest BCUT2D eigenvalue weighted by Gasteiger charge is -2.18. The van der Waals surface area contributed by atoms with Crippen LogP contribution in [0.2, 0.25) is 0 Å². The average molecular weight is 197 g/mol. The van der Waals surface area contributed by atoms with Crippen LogP contribution in [0.5, 0.6) is 5.75 Å². The molecular formula is C11H16FNO. The lowest BCUT2D eigenvalue weighted by molar-refractivity contribution is 0.163. The van der Waals surface area contributed by atoms with Crippen molar-refractivity contribution in [3.05, 3.63) is 24.0 Å². The number of halogens is 1. The molecular weight excluding hydrogens is 181 g/mol. The van der Waals surface area contributed by atoms with Gasteiger partial charge in [0.1, 0.15) is 0 Å². The predicted octanol–water partition coefficient (Wildman–Crippen LogP) is 2.83. The van der Waals surface area contributed by atoms with Crippen LogP contribution in [-0.4, -0.2) is 6.10 Å². The molecule has 0 saturated heterocycles. The molecule has 3 heteroatoms. The fraction of sp³-hybridized carbons (Fsp3) is 0.455. The second-order valence-corrected chi connectivity index (χ2v) is 3.76. The summed E-state index contributed by atoms with van der Waals surface area (Å²) in [5.74, 6) is 0.213. The number of benzene rings is 1. The van der Waals surface area contributed by atoms with Gasteiger partial charge in [-0.2, -0.15) is 0 Å². The fourth-order valence-electron chi connectivity index (χ4n) is 0.949. The van der Waals surface area contributed by atoms with Gasteiger partial charge in [0.05, 0.1) is 6.10 Å². The minimum Gasteiger partial charge on any atom is -0.487 e. The summed E-state index contributed by atoms with van der Waals surface area (Å²) in [6.07, 6.45) is -0.00637. The first-order valence-corrected chi connectivity index (χ1v) is 4.72. The Morgan fingerprint density at radius 1 is 1.29 bits per heavy atom. The molecule has 0 aliphatic rings. The van der Waals surface area contributed by atoms with Gasteiger partial charge < -0.3 is 10.5 Å². The third-order valence-corrected chi connectivity index (χ3v) is 2.21. The van der Waals surface area contributed by atoms with Gasteiger partial charge in [0.25, 0.3) is 0 Å². The molecule has 0 saturated carbocycles. The highest BCUT2D eigenvalue weighted by Gasteiger charge is 2.11. The van der Waals surface area contributed by atoms with E-state index in [4.69, 9.17) is 10.5 Å². The van der Waals surface area contributed by atoms with E-state index >= 15 is 0 Å². The Labute approximate surface area is 83.9 Å². The summed E-state index contributed by atoms with van der Waals surface area (Å²) in [4.78, 5) is 0. The molecule has 1 rings (SSSR count). The van der Waals surface area contributed by atoms with Crippen molar-refractivity contribution in [2.45, 2.75) is 26.9 Å². The van der Waals surface area contributed by atoms with Crippen molar-refractivity contribution >= 4 is 5.69 Å². The molecule has 0 radical (unpaired) electrons. The zero-order valence-electron chi connectivity index (χ0n) is 8.75. The Morgan fingerprint density at radius 2 is 1.93 bits per heavy atom. The van der Waals surface area contributed by atoms with Crippen LogP contribution in [0.3, 0.4) is 0 Å². The summed E-state index contributed by atoms with van der Waals surface area (Å²) in [5.41, 5.74) is 5.83. The van der Waals surface area contributed by atoms with Gasteiger partial charge in [0.15, 0.2) is 11.6 Å². The first kappa shape index (κ1) is 10.8. The van der Waals surface area contributed by atoms with E-state index in [1.54, 1.807) is 12.1 Å². The molecule has 14 heavy (non-hydrogen) atoms. The van der Waals surface area contributed by atoms with Gasteiger partial charge in [-0.05, 0) is 25.0 Å². The van der Waals surface area contributed by atoms with E-state index < -0.39 is 5.82 Å². The second-order valence-electron chi connectivity index (χ2n) is 3.76. The molecule has 0 aliphatic carbocycles. The van der Waals surface area contributed by atoms with E-state index in [1.807, 2.05) is 20.8 Å². The van der Waals surface area contributed by atoms with Crippen LogP contribution in [0.25, 0.3) is 0 Å². The standard InChI is InChI=1S/C11H16FNO/c1-7(2)8(3)14-11-5-4-9(13)6-10(11)12/h4-8H,13H2,1-3H3. The normalized spacial score (nSPS) is 12.9. The molecule has 78 valence electrons. The summed E-state index contributed by atoms with van der Waals surface area (Å²) < 4.78 is 18.7. The number of ether oxygens (including phenoxy) is 1. The van der Waals surface area contributed by atoms with Crippen LogP contribution in [0, 0.1) is 11.7 Å². The maximum absolute atomic E-state index is 13.3. The van der Waals surface area contributed by atoms with Crippen molar-refractivity contribution in [3.63, 3.8) is 0 Å². The molecule has 0 heterocycles. The highest BCUT2D eigenvalue weighted by Crippen LogP contribution is 2.22. The van der Waals surface area contributed by atoms with Crippen LogP contribution < -0.4 is 10.5 Å². The van der Waals surface area contributed by atoms with Crippen LogP contribution >= 0.6 is 0 Å².